The molecule has 3 rings (SSSR count). The molecule has 1 N–H and O–H groups in total. The first-order valence-corrected chi connectivity index (χ1v) is 12.1. The molecular weight excluding hydrogens is 443 g/mol. The Bertz CT molecular complexity index is 1180. The van der Waals surface area contributed by atoms with Crippen molar-refractivity contribution in [3.8, 4) is 5.75 Å². The Hall–Kier alpha value is -3.39. The van der Waals surface area contributed by atoms with Crippen LogP contribution in [0.15, 0.2) is 83.8 Å². The van der Waals surface area contributed by atoms with Crippen LogP contribution in [0.25, 0.3) is 0 Å². The van der Waals surface area contributed by atoms with E-state index in [0.717, 1.165) is 21.7 Å². The van der Waals surface area contributed by atoms with Gasteiger partial charge in [0.1, 0.15) is 24.7 Å². The lowest BCUT2D eigenvalue weighted by molar-refractivity contribution is -0.119. The molecule has 0 fully saturated rings. The fraction of sp³-hybridized carbons (Fsp3) is 0.240. The van der Waals surface area contributed by atoms with Gasteiger partial charge in [-0.25, -0.2) is 12.8 Å². The second-order valence-corrected chi connectivity index (χ2v) is 9.53. The Labute approximate surface area is 194 Å². The van der Waals surface area contributed by atoms with Crippen LogP contribution < -0.4 is 14.4 Å². The average molecular weight is 471 g/mol. The normalized spacial score (nSPS) is 11.3. The Balaban J connectivity index is 1.69. The number of halogens is 1. The summed E-state index contributed by atoms with van der Waals surface area (Å²) in [4.78, 5) is 12.6. The molecule has 0 aromatic heterocycles. The molecule has 0 saturated heterocycles. The molecule has 8 heteroatoms. The predicted octanol–water partition coefficient (Wildman–Crippen LogP) is 4.34. The molecule has 0 aliphatic heterocycles. The van der Waals surface area contributed by atoms with Crippen molar-refractivity contribution in [3.05, 3.63) is 90.2 Å². The standard InChI is InChI=1S/C25H27FN2O4S/c1-19(2)21-12-6-9-15-24(21)32-17-16-27-25(29)18-28(23-14-8-7-13-22(23)26)33(30,31)20-10-4-3-5-11-20/h3-15,19H,16-18H2,1-2H3,(H,27,29). The lowest BCUT2D eigenvalue weighted by Gasteiger charge is -2.24. The maximum absolute atomic E-state index is 14.5. The molecule has 0 saturated carbocycles. The number of carbonyl (C=O) groups excluding carboxylic acids is 1. The molecule has 6 nitrogen and oxygen atoms in total. The number of nitrogens with zero attached hydrogens (tertiary/aromatic N) is 1. The number of amides is 1. The number of anilines is 1. The van der Waals surface area contributed by atoms with Crippen molar-refractivity contribution in [2.24, 2.45) is 0 Å². The van der Waals surface area contributed by atoms with Crippen LogP contribution in [0.5, 0.6) is 5.75 Å². The van der Waals surface area contributed by atoms with Crippen LogP contribution in [-0.2, 0) is 14.8 Å². The smallest absolute Gasteiger partial charge is 0.264 e. The third-order valence-electron chi connectivity index (χ3n) is 4.96. The molecule has 0 aliphatic carbocycles. The van der Waals surface area contributed by atoms with Gasteiger partial charge >= 0.3 is 0 Å². The number of benzene rings is 3. The van der Waals surface area contributed by atoms with E-state index < -0.39 is 28.3 Å². The summed E-state index contributed by atoms with van der Waals surface area (Å²) in [5.74, 6) is -0.286. The molecular formula is C25H27FN2O4S. The highest BCUT2D eigenvalue weighted by Gasteiger charge is 2.28. The first-order valence-electron chi connectivity index (χ1n) is 10.6. The third kappa shape index (κ3) is 6.10. The molecule has 0 atom stereocenters. The van der Waals surface area contributed by atoms with Gasteiger partial charge in [0.25, 0.3) is 10.0 Å². The van der Waals surface area contributed by atoms with Crippen molar-refractivity contribution in [1.82, 2.24) is 5.32 Å². The molecule has 0 heterocycles. The number of para-hydroxylation sites is 2. The first-order chi connectivity index (χ1) is 15.8. The van der Waals surface area contributed by atoms with E-state index in [4.69, 9.17) is 4.74 Å². The summed E-state index contributed by atoms with van der Waals surface area (Å²) in [7, 11) is -4.16. The first kappa shape index (κ1) is 24.3. The quantitative estimate of drug-likeness (QED) is 0.447. The molecule has 0 aliphatic rings. The zero-order chi connectivity index (χ0) is 23.8. The molecule has 3 aromatic carbocycles. The lowest BCUT2D eigenvalue weighted by Crippen LogP contribution is -2.42. The fourth-order valence-corrected chi connectivity index (χ4v) is 4.75. The van der Waals surface area contributed by atoms with E-state index in [2.05, 4.69) is 19.2 Å². The molecule has 1 amide bonds. The minimum atomic E-state index is -4.16. The topological polar surface area (TPSA) is 75.7 Å². The molecule has 0 spiro atoms. The van der Waals surface area contributed by atoms with Crippen LogP contribution in [0.2, 0.25) is 0 Å². The second-order valence-electron chi connectivity index (χ2n) is 7.67. The maximum atomic E-state index is 14.5. The van der Waals surface area contributed by atoms with E-state index in [1.54, 1.807) is 18.2 Å². The van der Waals surface area contributed by atoms with Crippen molar-refractivity contribution in [2.45, 2.75) is 24.7 Å². The van der Waals surface area contributed by atoms with Crippen LogP contribution in [0.4, 0.5) is 10.1 Å². The number of ether oxygens (including phenoxy) is 1. The van der Waals surface area contributed by atoms with Gasteiger partial charge in [0.05, 0.1) is 17.1 Å². The summed E-state index contributed by atoms with van der Waals surface area (Å²) < 4.78 is 47.4. The monoisotopic (exact) mass is 470 g/mol. The summed E-state index contributed by atoms with van der Waals surface area (Å²) in [6, 6.07) is 20.7. The van der Waals surface area contributed by atoms with E-state index in [0.29, 0.717) is 0 Å². The van der Waals surface area contributed by atoms with Crippen LogP contribution in [0.3, 0.4) is 0 Å². The number of hydrogen-bond acceptors (Lipinski definition) is 4. The minimum Gasteiger partial charge on any atom is -0.491 e. The Morgan fingerprint density at radius 2 is 1.61 bits per heavy atom. The third-order valence-corrected chi connectivity index (χ3v) is 6.74. The number of carbonyl (C=O) groups is 1. The zero-order valence-corrected chi connectivity index (χ0v) is 19.4. The van der Waals surface area contributed by atoms with Gasteiger partial charge in [0, 0.05) is 0 Å². The number of hydrogen-bond donors (Lipinski definition) is 1. The van der Waals surface area contributed by atoms with Crippen molar-refractivity contribution >= 4 is 21.6 Å². The van der Waals surface area contributed by atoms with Gasteiger partial charge in [0.15, 0.2) is 0 Å². The van der Waals surface area contributed by atoms with E-state index in [1.807, 2.05) is 24.3 Å². The van der Waals surface area contributed by atoms with Crippen molar-refractivity contribution < 1.29 is 22.3 Å². The Morgan fingerprint density at radius 3 is 2.30 bits per heavy atom. The largest absolute Gasteiger partial charge is 0.491 e. The fourth-order valence-electron chi connectivity index (χ4n) is 3.30. The van der Waals surface area contributed by atoms with Crippen molar-refractivity contribution in [1.29, 1.82) is 0 Å². The SMILES string of the molecule is CC(C)c1ccccc1OCCNC(=O)CN(c1ccccc1F)S(=O)(=O)c1ccccc1. The Kier molecular flexibility index (Phi) is 8.06. The second kappa shape index (κ2) is 11.0. The van der Waals surface area contributed by atoms with Gasteiger partial charge in [-0.3, -0.25) is 9.10 Å². The van der Waals surface area contributed by atoms with Gasteiger partial charge in [-0.1, -0.05) is 62.4 Å². The highest BCUT2D eigenvalue weighted by atomic mass is 32.2. The summed E-state index contributed by atoms with van der Waals surface area (Å²) in [6.45, 7) is 3.94. The summed E-state index contributed by atoms with van der Waals surface area (Å²) in [6.07, 6.45) is 0. The van der Waals surface area contributed by atoms with Gasteiger partial charge in [0.2, 0.25) is 5.91 Å². The predicted molar refractivity (Wildman–Crippen MR) is 126 cm³/mol. The highest BCUT2D eigenvalue weighted by Crippen LogP contribution is 2.27. The maximum Gasteiger partial charge on any atom is 0.264 e. The molecule has 3 aromatic rings. The van der Waals surface area contributed by atoms with Crippen LogP contribution >= 0.6 is 0 Å². The van der Waals surface area contributed by atoms with Gasteiger partial charge < -0.3 is 10.1 Å². The number of nitrogens with one attached hydrogen (secondary N) is 1. The highest BCUT2D eigenvalue weighted by molar-refractivity contribution is 7.92. The van der Waals surface area contributed by atoms with Gasteiger partial charge in [-0.05, 0) is 41.8 Å². The van der Waals surface area contributed by atoms with Gasteiger partial charge in [-0.15, -0.1) is 0 Å². The molecule has 174 valence electrons. The summed E-state index contributed by atoms with van der Waals surface area (Å²) >= 11 is 0. The average Bonchev–Trinajstić information content (AvgIpc) is 2.81. The zero-order valence-electron chi connectivity index (χ0n) is 18.6. The molecule has 0 radical (unpaired) electrons. The lowest BCUT2D eigenvalue weighted by atomic mass is 10.0. The van der Waals surface area contributed by atoms with Crippen molar-refractivity contribution in [2.75, 3.05) is 24.0 Å². The van der Waals surface area contributed by atoms with Crippen LogP contribution in [0.1, 0.15) is 25.3 Å². The van der Waals surface area contributed by atoms with E-state index >= 15 is 0 Å². The van der Waals surface area contributed by atoms with Crippen LogP contribution in [0, 0.1) is 5.82 Å². The number of sulfonamides is 1. The molecule has 33 heavy (non-hydrogen) atoms. The van der Waals surface area contributed by atoms with Gasteiger partial charge in [-0.2, -0.15) is 0 Å². The van der Waals surface area contributed by atoms with Crippen LogP contribution in [-0.4, -0.2) is 34.0 Å². The summed E-state index contributed by atoms with van der Waals surface area (Å²) in [5, 5.41) is 2.65. The van der Waals surface area contributed by atoms with E-state index in [1.165, 1.54) is 30.3 Å². The van der Waals surface area contributed by atoms with E-state index in [9.17, 15) is 17.6 Å². The Morgan fingerprint density at radius 1 is 0.970 bits per heavy atom. The summed E-state index contributed by atoms with van der Waals surface area (Å²) in [5.41, 5.74) is 0.863. The molecule has 0 bridgehead atoms. The molecule has 0 unspecified atom stereocenters. The van der Waals surface area contributed by atoms with Crippen molar-refractivity contribution in [3.63, 3.8) is 0 Å². The van der Waals surface area contributed by atoms with E-state index in [-0.39, 0.29) is 29.7 Å². The number of rotatable bonds is 10. The minimum absolute atomic E-state index is 0.0327.